The molecule has 0 radical (unpaired) electrons. The van der Waals surface area contributed by atoms with E-state index in [1.54, 1.807) is 0 Å². The van der Waals surface area contributed by atoms with Gasteiger partial charge in [0.1, 0.15) is 5.38 Å². The van der Waals surface area contributed by atoms with E-state index >= 15 is 0 Å². The lowest BCUT2D eigenvalue weighted by molar-refractivity contribution is -0.365. The number of hydrogen-bond donors (Lipinski definition) is 1. The number of ketones is 1. The van der Waals surface area contributed by atoms with Crippen LogP contribution in [0.15, 0.2) is 0 Å². The van der Waals surface area contributed by atoms with E-state index in [-0.39, 0.29) is 0 Å². The molecule has 2 nitrogen and oxygen atoms in total. The topological polar surface area (TPSA) is 37.3 Å². The molecule has 1 N–H and O–H groups in total. The molecular formula is C6H5ClF6O2. The summed E-state index contributed by atoms with van der Waals surface area (Å²) < 4.78 is 72.0. The Morgan fingerprint density at radius 2 is 1.40 bits per heavy atom. The Bertz CT molecular complexity index is 243. The zero-order valence-corrected chi connectivity index (χ0v) is 7.83. The number of Topliss-reactive ketones (excluding diaryl/α,β-unsaturated/α-hetero) is 1. The van der Waals surface area contributed by atoms with Gasteiger partial charge < -0.3 is 5.11 Å². The Morgan fingerprint density at radius 1 is 1.13 bits per heavy atom. The van der Waals surface area contributed by atoms with Crippen LogP contribution in [0.4, 0.5) is 26.3 Å². The largest absolute Gasteiger partial charge is 0.428 e. The number of alkyl halides is 7. The van der Waals surface area contributed by atoms with Crippen molar-refractivity contribution in [3.8, 4) is 0 Å². The fraction of sp³-hybridized carbons (Fsp3) is 0.833. The SMILES string of the molecule is CC(=O)C(Cl)C(O)(C(F)(F)F)C(F)(F)F. The smallest absolute Gasteiger partial charge is 0.372 e. The van der Waals surface area contributed by atoms with Gasteiger partial charge in [0.2, 0.25) is 0 Å². The Morgan fingerprint density at radius 3 is 1.47 bits per heavy atom. The van der Waals surface area contributed by atoms with Crippen molar-refractivity contribution in [3.63, 3.8) is 0 Å². The van der Waals surface area contributed by atoms with Crippen molar-refractivity contribution in [2.75, 3.05) is 0 Å². The van der Waals surface area contributed by atoms with Crippen LogP contribution >= 0.6 is 11.6 Å². The molecule has 0 heterocycles. The summed E-state index contributed by atoms with van der Waals surface area (Å²) >= 11 is 4.65. The first-order valence-corrected chi connectivity index (χ1v) is 3.79. The van der Waals surface area contributed by atoms with Crippen molar-refractivity contribution in [2.24, 2.45) is 0 Å². The molecule has 0 aliphatic rings. The highest BCUT2D eigenvalue weighted by Gasteiger charge is 2.74. The molecule has 1 unspecified atom stereocenters. The Labute approximate surface area is 84.8 Å². The number of rotatable bonds is 2. The van der Waals surface area contributed by atoms with Crippen molar-refractivity contribution in [1.82, 2.24) is 0 Å². The maximum Gasteiger partial charge on any atom is 0.428 e. The molecule has 0 aromatic carbocycles. The molecule has 15 heavy (non-hydrogen) atoms. The van der Waals surface area contributed by atoms with Crippen molar-refractivity contribution < 1.29 is 36.2 Å². The lowest BCUT2D eigenvalue weighted by Gasteiger charge is -2.34. The van der Waals surface area contributed by atoms with Crippen molar-refractivity contribution >= 4 is 17.4 Å². The van der Waals surface area contributed by atoms with E-state index < -0.39 is 29.1 Å². The van der Waals surface area contributed by atoms with Gasteiger partial charge in [0.25, 0.3) is 5.60 Å². The number of aliphatic hydroxyl groups is 1. The minimum Gasteiger partial charge on any atom is -0.372 e. The maximum atomic E-state index is 12.0. The van der Waals surface area contributed by atoms with Crippen molar-refractivity contribution in [2.45, 2.75) is 30.3 Å². The lowest BCUT2D eigenvalue weighted by atomic mass is 9.95. The Hall–Kier alpha value is -0.500. The molecule has 0 aromatic rings. The van der Waals surface area contributed by atoms with Crippen LogP contribution < -0.4 is 0 Å². The summed E-state index contributed by atoms with van der Waals surface area (Å²) in [4.78, 5) is 10.4. The highest BCUT2D eigenvalue weighted by Crippen LogP contribution is 2.47. The third kappa shape index (κ3) is 2.36. The second-order valence-corrected chi connectivity index (χ2v) is 3.17. The maximum absolute atomic E-state index is 12.0. The first-order valence-electron chi connectivity index (χ1n) is 3.36. The van der Waals surface area contributed by atoms with Gasteiger partial charge in [0.15, 0.2) is 5.78 Å². The van der Waals surface area contributed by atoms with Gasteiger partial charge in [0, 0.05) is 0 Å². The predicted molar refractivity (Wildman–Crippen MR) is 37.4 cm³/mol. The quantitative estimate of drug-likeness (QED) is 0.608. The van der Waals surface area contributed by atoms with Gasteiger partial charge >= 0.3 is 12.4 Å². The molecule has 0 saturated carbocycles. The minimum absolute atomic E-state index is 0.417. The van der Waals surface area contributed by atoms with E-state index in [2.05, 4.69) is 11.6 Å². The standard InChI is InChI=1S/C6H5ClF6O2/c1-2(14)3(7)4(15,5(8,9)10)6(11,12)13/h3,15H,1H3. The average molecular weight is 259 g/mol. The number of carbonyl (C=O) groups is 1. The van der Waals surface area contributed by atoms with E-state index in [9.17, 15) is 31.1 Å². The monoisotopic (exact) mass is 258 g/mol. The van der Waals surface area contributed by atoms with Gasteiger partial charge in [-0.05, 0) is 6.92 Å². The lowest BCUT2D eigenvalue weighted by Crippen LogP contribution is -2.64. The van der Waals surface area contributed by atoms with Crippen LogP contribution in [0.25, 0.3) is 0 Å². The van der Waals surface area contributed by atoms with Crippen LogP contribution in [0.5, 0.6) is 0 Å². The predicted octanol–water partition coefficient (Wildman–Crippen LogP) is 2.04. The molecule has 0 aliphatic carbocycles. The first-order chi connectivity index (χ1) is 6.35. The normalized spacial score (nSPS) is 16.3. The van der Waals surface area contributed by atoms with Crippen LogP contribution in [-0.4, -0.2) is 34.2 Å². The second-order valence-electron chi connectivity index (χ2n) is 2.74. The fourth-order valence-electron chi connectivity index (χ4n) is 0.742. The highest BCUT2D eigenvalue weighted by molar-refractivity contribution is 6.31. The molecule has 9 heteroatoms. The summed E-state index contributed by atoms with van der Waals surface area (Å²) in [6.45, 7) is 0.417. The molecule has 90 valence electrons. The fourth-order valence-corrected chi connectivity index (χ4v) is 0.990. The van der Waals surface area contributed by atoms with E-state index in [0.29, 0.717) is 6.92 Å². The zero-order chi connectivity index (χ0) is 12.7. The summed E-state index contributed by atoms with van der Waals surface area (Å²) in [5.41, 5.74) is -5.23. The van der Waals surface area contributed by atoms with Crippen LogP contribution in [-0.2, 0) is 4.79 Å². The van der Waals surface area contributed by atoms with Crippen LogP contribution in [0, 0.1) is 0 Å². The molecule has 0 bridgehead atoms. The minimum atomic E-state index is -6.08. The molecule has 0 aromatic heterocycles. The Kier molecular flexibility index (Phi) is 3.69. The van der Waals surface area contributed by atoms with Gasteiger partial charge in [-0.15, -0.1) is 11.6 Å². The molecule has 0 fully saturated rings. The molecular weight excluding hydrogens is 254 g/mol. The molecule has 0 saturated heterocycles. The number of carbonyl (C=O) groups excluding carboxylic acids is 1. The van der Waals surface area contributed by atoms with Crippen LogP contribution in [0.3, 0.4) is 0 Å². The summed E-state index contributed by atoms with van der Waals surface area (Å²) in [5, 5.41) is 5.39. The van der Waals surface area contributed by atoms with E-state index in [4.69, 9.17) is 5.11 Å². The molecule has 0 rings (SSSR count). The third-order valence-corrected chi connectivity index (χ3v) is 2.21. The van der Waals surface area contributed by atoms with Crippen LogP contribution in [0.1, 0.15) is 6.92 Å². The summed E-state index contributed by atoms with van der Waals surface area (Å²) in [5.74, 6) is -1.63. The first kappa shape index (κ1) is 14.5. The van der Waals surface area contributed by atoms with Crippen molar-refractivity contribution in [1.29, 1.82) is 0 Å². The van der Waals surface area contributed by atoms with Gasteiger partial charge in [-0.1, -0.05) is 0 Å². The number of hydrogen-bond acceptors (Lipinski definition) is 2. The van der Waals surface area contributed by atoms with Gasteiger partial charge in [-0.2, -0.15) is 26.3 Å². The molecule has 0 amide bonds. The van der Waals surface area contributed by atoms with E-state index in [0.717, 1.165) is 0 Å². The van der Waals surface area contributed by atoms with E-state index in [1.165, 1.54) is 0 Å². The van der Waals surface area contributed by atoms with E-state index in [1.807, 2.05) is 0 Å². The average Bonchev–Trinajstić information content (AvgIpc) is 1.96. The molecule has 0 spiro atoms. The third-order valence-electron chi connectivity index (χ3n) is 1.59. The van der Waals surface area contributed by atoms with Gasteiger partial charge in [-0.25, -0.2) is 0 Å². The van der Waals surface area contributed by atoms with Crippen LogP contribution in [0.2, 0.25) is 0 Å². The van der Waals surface area contributed by atoms with Crippen molar-refractivity contribution in [3.05, 3.63) is 0 Å². The summed E-state index contributed by atoms with van der Waals surface area (Å²) in [6.07, 6.45) is -12.2. The number of halogens is 7. The molecule has 1 atom stereocenters. The Balaban J connectivity index is 5.53. The molecule has 0 aliphatic heterocycles. The van der Waals surface area contributed by atoms with Gasteiger partial charge in [0.05, 0.1) is 0 Å². The summed E-state index contributed by atoms with van der Waals surface area (Å²) in [6, 6.07) is 0. The second kappa shape index (κ2) is 3.82. The summed E-state index contributed by atoms with van der Waals surface area (Å²) in [7, 11) is 0. The van der Waals surface area contributed by atoms with Gasteiger partial charge in [-0.3, -0.25) is 4.79 Å². The highest BCUT2D eigenvalue weighted by atomic mass is 35.5. The zero-order valence-electron chi connectivity index (χ0n) is 7.08.